The first kappa shape index (κ1) is 24.3. The van der Waals surface area contributed by atoms with E-state index in [2.05, 4.69) is 43.9 Å². The van der Waals surface area contributed by atoms with Crippen LogP contribution in [0.25, 0.3) is 0 Å². The van der Waals surface area contributed by atoms with Gasteiger partial charge < -0.3 is 15.0 Å². The molecule has 1 saturated heterocycles. The summed E-state index contributed by atoms with van der Waals surface area (Å²) in [6.07, 6.45) is 2.35. The van der Waals surface area contributed by atoms with E-state index in [1.807, 2.05) is 19.1 Å². The van der Waals surface area contributed by atoms with Crippen LogP contribution in [0.3, 0.4) is 0 Å². The number of hydrogen-bond acceptors (Lipinski definition) is 5. The molecule has 0 bridgehead atoms. The van der Waals surface area contributed by atoms with Gasteiger partial charge in [0.05, 0.1) is 12.5 Å². The number of benzene rings is 1. The van der Waals surface area contributed by atoms with Crippen LogP contribution in [-0.4, -0.2) is 53.7 Å². The molecule has 1 heterocycles. The number of amides is 2. The third-order valence-electron chi connectivity index (χ3n) is 5.40. The van der Waals surface area contributed by atoms with Crippen LogP contribution in [0.5, 0.6) is 0 Å². The Morgan fingerprint density at radius 2 is 1.87 bits per heavy atom. The van der Waals surface area contributed by atoms with Crippen molar-refractivity contribution in [3.8, 4) is 0 Å². The van der Waals surface area contributed by atoms with Crippen LogP contribution in [0.15, 0.2) is 24.3 Å². The fraction of sp³-hybridized carbons (Fsp3) is 0.609. The second-order valence-corrected chi connectivity index (χ2v) is 8.61. The fourth-order valence-electron chi connectivity index (χ4n) is 3.80. The van der Waals surface area contributed by atoms with Gasteiger partial charge in [0, 0.05) is 12.3 Å². The van der Waals surface area contributed by atoms with E-state index < -0.39 is 18.1 Å². The van der Waals surface area contributed by atoms with Crippen LogP contribution in [0, 0.1) is 5.92 Å². The molecule has 0 radical (unpaired) electrons. The van der Waals surface area contributed by atoms with Gasteiger partial charge in [-0.1, -0.05) is 38.1 Å². The zero-order valence-electron chi connectivity index (χ0n) is 18.4. The molecule has 2 amide bonds. The lowest BCUT2D eigenvalue weighted by Gasteiger charge is -2.28. The first-order chi connectivity index (χ1) is 14.3. The maximum absolute atomic E-state index is 13.2. The highest BCUT2D eigenvalue weighted by atomic mass is 32.1. The van der Waals surface area contributed by atoms with Gasteiger partial charge in [0.2, 0.25) is 11.8 Å². The van der Waals surface area contributed by atoms with Crippen LogP contribution < -0.4 is 5.32 Å². The maximum Gasteiger partial charge on any atom is 0.329 e. The summed E-state index contributed by atoms with van der Waals surface area (Å²) in [5.41, 5.74) is 2.20. The molecule has 0 aromatic heterocycles. The zero-order valence-corrected chi connectivity index (χ0v) is 19.3. The number of rotatable bonds is 9. The number of ether oxygens (including phenoxy) is 1. The molecule has 1 N–H and O–H groups in total. The van der Waals surface area contributed by atoms with Crippen LogP contribution in [0.1, 0.15) is 57.6 Å². The Balaban J connectivity index is 2.05. The van der Waals surface area contributed by atoms with E-state index in [0.29, 0.717) is 18.9 Å². The van der Waals surface area contributed by atoms with Gasteiger partial charge >= 0.3 is 5.97 Å². The third kappa shape index (κ3) is 6.24. The van der Waals surface area contributed by atoms with Gasteiger partial charge in [0.1, 0.15) is 12.1 Å². The van der Waals surface area contributed by atoms with Crippen molar-refractivity contribution in [3.63, 3.8) is 0 Å². The van der Waals surface area contributed by atoms with Gasteiger partial charge in [0.25, 0.3) is 0 Å². The molecule has 1 aliphatic rings. The van der Waals surface area contributed by atoms with Crippen molar-refractivity contribution in [3.05, 3.63) is 35.4 Å². The van der Waals surface area contributed by atoms with Crippen molar-refractivity contribution < 1.29 is 19.1 Å². The molecule has 7 heteroatoms. The highest BCUT2D eigenvalue weighted by molar-refractivity contribution is 7.80. The van der Waals surface area contributed by atoms with Crippen LogP contribution in [-0.2, 0) is 25.5 Å². The molecule has 0 aliphatic carbocycles. The smallest absolute Gasteiger partial charge is 0.329 e. The topological polar surface area (TPSA) is 75.7 Å². The Labute approximate surface area is 185 Å². The highest BCUT2D eigenvalue weighted by Gasteiger charge is 2.37. The van der Waals surface area contributed by atoms with E-state index in [9.17, 15) is 14.4 Å². The lowest BCUT2D eigenvalue weighted by atomic mass is 9.95. The highest BCUT2D eigenvalue weighted by Crippen LogP contribution is 2.25. The van der Waals surface area contributed by atoms with Gasteiger partial charge in [-0.15, -0.1) is 0 Å². The molecular formula is C23H34N2O4S. The normalized spacial score (nSPS) is 18.2. The van der Waals surface area contributed by atoms with Gasteiger partial charge in [0.15, 0.2) is 0 Å². The molecule has 1 aromatic carbocycles. The molecule has 3 atom stereocenters. The first-order valence-electron chi connectivity index (χ1n) is 10.8. The van der Waals surface area contributed by atoms with Gasteiger partial charge in [-0.2, -0.15) is 12.6 Å². The summed E-state index contributed by atoms with van der Waals surface area (Å²) in [7, 11) is 0. The lowest BCUT2D eigenvalue weighted by Crippen LogP contribution is -2.52. The number of thiol groups is 1. The molecule has 30 heavy (non-hydrogen) atoms. The Bertz CT molecular complexity index is 735. The quantitative estimate of drug-likeness (QED) is 0.463. The predicted molar refractivity (Wildman–Crippen MR) is 121 cm³/mol. The summed E-state index contributed by atoms with van der Waals surface area (Å²) in [4.78, 5) is 39.6. The van der Waals surface area contributed by atoms with Gasteiger partial charge in [-0.25, -0.2) is 4.79 Å². The standard InChI is InChI=1S/C23H34N2O4S/c1-5-29-23(28)19(14-30)24-21(26)20-7-6-12-25(20)22(27)16(4)18-10-8-17(9-11-18)13-15(2)3/h8-11,15-16,19-20,30H,5-7,12-14H2,1-4H3,(H,24,26)/t16-,19+,20+/m1/s1. The van der Waals surface area contributed by atoms with Gasteiger partial charge in [-0.05, 0) is 50.2 Å². The molecule has 1 aliphatic heterocycles. The van der Waals surface area contributed by atoms with E-state index in [4.69, 9.17) is 4.74 Å². The minimum absolute atomic E-state index is 0.0668. The molecule has 166 valence electrons. The Hall–Kier alpha value is -2.02. The number of carbonyl (C=O) groups excluding carboxylic acids is 3. The zero-order chi connectivity index (χ0) is 22.3. The summed E-state index contributed by atoms with van der Waals surface area (Å²) in [6.45, 7) is 8.72. The minimum atomic E-state index is -0.815. The second kappa shape index (κ2) is 11.4. The molecule has 1 fully saturated rings. The predicted octanol–water partition coefficient (Wildman–Crippen LogP) is 2.96. The molecule has 0 unspecified atom stereocenters. The van der Waals surface area contributed by atoms with Crippen molar-refractivity contribution in [2.45, 2.75) is 65.0 Å². The van der Waals surface area contributed by atoms with Crippen LogP contribution in [0.4, 0.5) is 0 Å². The van der Waals surface area contributed by atoms with Crippen molar-refractivity contribution in [1.29, 1.82) is 0 Å². The number of likely N-dealkylation sites (tertiary alicyclic amines) is 1. The largest absolute Gasteiger partial charge is 0.464 e. The summed E-state index contributed by atoms with van der Waals surface area (Å²) < 4.78 is 4.98. The maximum atomic E-state index is 13.2. The van der Waals surface area contributed by atoms with E-state index in [1.165, 1.54) is 5.56 Å². The summed E-state index contributed by atoms with van der Waals surface area (Å²) in [5, 5.41) is 2.70. The molecular weight excluding hydrogens is 400 g/mol. The SMILES string of the molecule is CCOC(=O)[C@H](CS)NC(=O)[C@@H]1CCCN1C(=O)[C@H](C)c1ccc(CC(C)C)cc1. The molecule has 2 rings (SSSR count). The van der Waals surface area contributed by atoms with E-state index in [-0.39, 0.29) is 30.1 Å². The number of nitrogens with one attached hydrogen (secondary N) is 1. The molecule has 1 aromatic rings. The van der Waals surface area contributed by atoms with E-state index in [0.717, 1.165) is 18.4 Å². The van der Waals surface area contributed by atoms with Crippen LogP contribution in [0.2, 0.25) is 0 Å². The summed E-state index contributed by atoms with van der Waals surface area (Å²) >= 11 is 4.14. The Morgan fingerprint density at radius 3 is 2.43 bits per heavy atom. The number of carbonyl (C=O) groups is 3. The van der Waals surface area contributed by atoms with Crippen molar-refractivity contribution in [1.82, 2.24) is 10.2 Å². The molecule has 0 spiro atoms. The molecule has 0 saturated carbocycles. The van der Waals surface area contributed by atoms with Gasteiger partial charge in [-0.3, -0.25) is 9.59 Å². The monoisotopic (exact) mass is 434 g/mol. The fourth-order valence-corrected chi connectivity index (χ4v) is 4.04. The van der Waals surface area contributed by atoms with Crippen molar-refractivity contribution in [2.24, 2.45) is 5.92 Å². The van der Waals surface area contributed by atoms with E-state index >= 15 is 0 Å². The first-order valence-corrected chi connectivity index (χ1v) is 11.4. The second-order valence-electron chi connectivity index (χ2n) is 8.25. The lowest BCUT2D eigenvalue weighted by molar-refractivity contribution is -0.147. The van der Waals surface area contributed by atoms with Crippen molar-refractivity contribution >= 4 is 30.4 Å². The third-order valence-corrected chi connectivity index (χ3v) is 5.77. The Morgan fingerprint density at radius 1 is 1.20 bits per heavy atom. The van der Waals surface area contributed by atoms with E-state index in [1.54, 1.807) is 11.8 Å². The average molecular weight is 435 g/mol. The van der Waals surface area contributed by atoms with Crippen LogP contribution >= 0.6 is 12.6 Å². The molecule has 6 nitrogen and oxygen atoms in total. The number of esters is 1. The average Bonchev–Trinajstić information content (AvgIpc) is 3.21. The summed E-state index contributed by atoms with van der Waals surface area (Å²) in [6, 6.07) is 6.77. The number of hydrogen-bond donors (Lipinski definition) is 2. The summed E-state index contributed by atoms with van der Waals surface area (Å²) in [5.74, 6) is -0.516. The Kier molecular flexibility index (Phi) is 9.21. The van der Waals surface area contributed by atoms with Crippen molar-refractivity contribution in [2.75, 3.05) is 18.9 Å². The minimum Gasteiger partial charge on any atom is -0.464 e. The number of nitrogens with zero attached hydrogens (tertiary/aromatic N) is 1.